The number of halogens is 1. The van der Waals surface area contributed by atoms with Gasteiger partial charge in [0.05, 0.1) is 23.1 Å². The molecule has 0 unspecified atom stereocenters. The molecule has 1 saturated carbocycles. The third kappa shape index (κ3) is 2.77. The molecule has 4 aromatic rings. The van der Waals surface area contributed by atoms with E-state index in [0.717, 1.165) is 28.0 Å². The number of rotatable bonds is 4. The number of hydrogen-bond acceptors (Lipinski definition) is 5. The van der Waals surface area contributed by atoms with Crippen molar-refractivity contribution in [3.63, 3.8) is 0 Å². The molecule has 0 atom stereocenters. The fourth-order valence-corrected chi connectivity index (χ4v) is 2.84. The molecule has 1 aliphatic rings. The second-order valence-corrected chi connectivity index (χ2v) is 6.34. The fraction of sp³-hybridized carbons (Fsp3) is 0.158. The minimum Gasteiger partial charge on any atom is -0.351 e. The molecule has 0 bridgehead atoms. The summed E-state index contributed by atoms with van der Waals surface area (Å²) in [5.74, 6) is 0.371. The molecule has 6 nitrogen and oxygen atoms in total. The van der Waals surface area contributed by atoms with Crippen molar-refractivity contribution in [3.05, 3.63) is 60.7 Å². The van der Waals surface area contributed by atoms with Gasteiger partial charge in [-0.15, -0.1) is 5.10 Å². The van der Waals surface area contributed by atoms with Crippen LogP contribution in [0.5, 0.6) is 0 Å². The highest BCUT2D eigenvalue weighted by Crippen LogP contribution is 2.27. The van der Waals surface area contributed by atoms with E-state index in [0.29, 0.717) is 12.0 Å². The van der Waals surface area contributed by atoms with E-state index in [1.165, 1.54) is 25.0 Å². The molecular formula is C19H15FN6. The highest BCUT2D eigenvalue weighted by Gasteiger charge is 2.22. The highest BCUT2D eigenvalue weighted by molar-refractivity contribution is 5.78. The third-order valence-corrected chi connectivity index (χ3v) is 4.37. The third-order valence-electron chi connectivity index (χ3n) is 4.37. The van der Waals surface area contributed by atoms with Gasteiger partial charge in [0.1, 0.15) is 5.82 Å². The van der Waals surface area contributed by atoms with Crippen molar-refractivity contribution in [1.29, 1.82) is 0 Å². The van der Waals surface area contributed by atoms with Crippen LogP contribution in [-0.4, -0.2) is 30.8 Å². The standard InChI is InChI=1S/C19H15FN6/c20-13-3-1-12(2-4-13)16-7-8-18-15(11-22-26(18)25-16)17-9-10-21-19(24-17)23-14-5-6-14/h1-4,7-11,14H,5-6H2,(H,21,23,24). The van der Waals surface area contributed by atoms with Crippen LogP contribution in [0.3, 0.4) is 0 Å². The van der Waals surface area contributed by atoms with Gasteiger partial charge in [0.2, 0.25) is 5.95 Å². The first kappa shape index (κ1) is 14.9. The van der Waals surface area contributed by atoms with Crippen molar-refractivity contribution in [2.75, 3.05) is 5.32 Å². The van der Waals surface area contributed by atoms with Gasteiger partial charge in [0, 0.05) is 23.4 Å². The zero-order valence-corrected chi connectivity index (χ0v) is 13.8. The Kier molecular flexibility index (Phi) is 3.38. The molecule has 128 valence electrons. The van der Waals surface area contributed by atoms with E-state index in [4.69, 9.17) is 0 Å². The monoisotopic (exact) mass is 346 g/mol. The van der Waals surface area contributed by atoms with E-state index in [2.05, 4.69) is 25.5 Å². The van der Waals surface area contributed by atoms with Gasteiger partial charge in [-0.3, -0.25) is 0 Å². The average Bonchev–Trinajstić information content (AvgIpc) is 3.38. The van der Waals surface area contributed by atoms with Crippen LogP contribution in [0.2, 0.25) is 0 Å². The molecule has 3 aromatic heterocycles. The normalized spacial score (nSPS) is 13.9. The Balaban J connectivity index is 1.52. The van der Waals surface area contributed by atoms with E-state index in [1.54, 1.807) is 29.2 Å². The lowest BCUT2D eigenvalue weighted by Crippen LogP contribution is -2.05. The van der Waals surface area contributed by atoms with Gasteiger partial charge in [-0.25, -0.2) is 14.4 Å². The molecule has 0 radical (unpaired) electrons. The second kappa shape index (κ2) is 5.87. The molecule has 1 N–H and O–H groups in total. The van der Waals surface area contributed by atoms with Gasteiger partial charge in [0.15, 0.2) is 0 Å². The highest BCUT2D eigenvalue weighted by atomic mass is 19.1. The zero-order chi connectivity index (χ0) is 17.5. The van der Waals surface area contributed by atoms with Gasteiger partial charge < -0.3 is 5.32 Å². The van der Waals surface area contributed by atoms with E-state index in [9.17, 15) is 4.39 Å². The summed E-state index contributed by atoms with van der Waals surface area (Å²) in [6.45, 7) is 0. The number of fused-ring (bicyclic) bond motifs is 1. The van der Waals surface area contributed by atoms with Gasteiger partial charge in [-0.05, 0) is 55.3 Å². The maximum Gasteiger partial charge on any atom is 0.223 e. The van der Waals surface area contributed by atoms with Crippen molar-refractivity contribution in [1.82, 2.24) is 24.8 Å². The molecule has 5 rings (SSSR count). The quantitative estimate of drug-likeness (QED) is 0.612. The van der Waals surface area contributed by atoms with Crippen LogP contribution >= 0.6 is 0 Å². The van der Waals surface area contributed by atoms with Crippen molar-refractivity contribution >= 4 is 11.5 Å². The maximum atomic E-state index is 13.1. The molecule has 7 heteroatoms. The summed E-state index contributed by atoms with van der Waals surface area (Å²) in [6, 6.07) is 12.5. The first-order valence-electron chi connectivity index (χ1n) is 8.47. The smallest absolute Gasteiger partial charge is 0.223 e. The number of benzene rings is 1. The summed E-state index contributed by atoms with van der Waals surface area (Å²) in [5.41, 5.74) is 4.11. The predicted octanol–water partition coefficient (Wildman–Crippen LogP) is 3.57. The lowest BCUT2D eigenvalue weighted by molar-refractivity contribution is 0.628. The van der Waals surface area contributed by atoms with E-state index < -0.39 is 0 Å². The van der Waals surface area contributed by atoms with Crippen LogP contribution in [-0.2, 0) is 0 Å². The van der Waals surface area contributed by atoms with Gasteiger partial charge in [-0.2, -0.15) is 9.73 Å². The number of aromatic nitrogens is 5. The van der Waals surface area contributed by atoms with Gasteiger partial charge in [0.25, 0.3) is 0 Å². The molecule has 1 aromatic carbocycles. The largest absolute Gasteiger partial charge is 0.351 e. The number of nitrogens with one attached hydrogen (secondary N) is 1. The Bertz CT molecular complexity index is 1080. The van der Waals surface area contributed by atoms with Crippen LogP contribution in [0.15, 0.2) is 54.9 Å². The topological polar surface area (TPSA) is 68.0 Å². The van der Waals surface area contributed by atoms with Crippen LogP contribution in [0, 0.1) is 5.82 Å². The molecular weight excluding hydrogens is 331 g/mol. The van der Waals surface area contributed by atoms with Crippen molar-refractivity contribution in [2.24, 2.45) is 0 Å². The first-order chi connectivity index (χ1) is 12.8. The second-order valence-electron chi connectivity index (χ2n) is 6.34. The Morgan fingerprint density at radius 1 is 1.00 bits per heavy atom. The summed E-state index contributed by atoms with van der Waals surface area (Å²) in [7, 11) is 0. The van der Waals surface area contributed by atoms with Crippen LogP contribution in [0.4, 0.5) is 10.3 Å². The van der Waals surface area contributed by atoms with Gasteiger partial charge >= 0.3 is 0 Å². The summed E-state index contributed by atoms with van der Waals surface area (Å²) in [6.07, 6.45) is 5.83. The molecule has 0 spiro atoms. The zero-order valence-electron chi connectivity index (χ0n) is 13.8. The van der Waals surface area contributed by atoms with Crippen molar-refractivity contribution in [3.8, 4) is 22.5 Å². The lowest BCUT2D eigenvalue weighted by atomic mass is 10.1. The molecule has 3 heterocycles. The first-order valence-corrected chi connectivity index (χ1v) is 8.47. The van der Waals surface area contributed by atoms with E-state index in [-0.39, 0.29) is 5.82 Å². The Labute approximate surface area is 148 Å². The molecule has 1 fully saturated rings. The molecule has 1 aliphatic carbocycles. The summed E-state index contributed by atoms with van der Waals surface area (Å²) < 4.78 is 14.7. The minimum absolute atomic E-state index is 0.268. The molecule has 0 amide bonds. The molecule has 26 heavy (non-hydrogen) atoms. The summed E-state index contributed by atoms with van der Waals surface area (Å²) >= 11 is 0. The summed E-state index contributed by atoms with van der Waals surface area (Å²) in [4.78, 5) is 8.87. The Morgan fingerprint density at radius 2 is 1.85 bits per heavy atom. The SMILES string of the molecule is Fc1ccc(-c2ccc3c(-c4ccnc(NC5CC5)n4)cnn3n2)cc1. The summed E-state index contributed by atoms with van der Waals surface area (Å²) in [5, 5.41) is 12.2. The van der Waals surface area contributed by atoms with E-state index >= 15 is 0 Å². The Hall–Kier alpha value is -3.35. The van der Waals surface area contributed by atoms with E-state index in [1.807, 2.05) is 18.2 Å². The van der Waals surface area contributed by atoms with Crippen molar-refractivity contribution < 1.29 is 4.39 Å². The number of hydrogen-bond donors (Lipinski definition) is 1. The maximum absolute atomic E-state index is 13.1. The van der Waals surface area contributed by atoms with Crippen LogP contribution in [0.1, 0.15) is 12.8 Å². The minimum atomic E-state index is -0.268. The predicted molar refractivity (Wildman–Crippen MR) is 96.1 cm³/mol. The van der Waals surface area contributed by atoms with Crippen LogP contribution in [0.25, 0.3) is 28.0 Å². The molecule has 0 saturated heterocycles. The Morgan fingerprint density at radius 3 is 2.65 bits per heavy atom. The average molecular weight is 346 g/mol. The van der Waals surface area contributed by atoms with Gasteiger partial charge in [-0.1, -0.05) is 0 Å². The number of nitrogens with zero attached hydrogens (tertiary/aromatic N) is 5. The number of anilines is 1. The fourth-order valence-electron chi connectivity index (χ4n) is 2.84. The molecule has 0 aliphatic heterocycles. The lowest BCUT2D eigenvalue weighted by Gasteiger charge is -2.05. The van der Waals surface area contributed by atoms with Crippen LogP contribution < -0.4 is 5.32 Å². The van der Waals surface area contributed by atoms with Crippen molar-refractivity contribution in [2.45, 2.75) is 18.9 Å².